The first-order valence-electron chi connectivity index (χ1n) is 9.44. The van der Waals surface area contributed by atoms with Gasteiger partial charge in [0.05, 0.1) is 11.1 Å². The van der Waals surface area contributed by atoms with Crippen LogP contribution < -0.4 is 10.1 Å². The molecule has 0 saturated carbocycles. The van der Waals surface area contributed by atoms with Crippen LogP contribution in [0.5, 0.6) is 5.75 Å². The summed E-state index contributed by atoms with van der Waals surface area (Å²) in [5.41, 5.74) is 1.68. The summed E-state index contributed by atoms with van der Waals surface area (Å²) < 4.78 is 19.7. The Bertz CT molecular complexity index is 1140. The third kappa shape index (κ3) is 4.65. The molecule has 0 aromatic heterocycles. The second-order valence-corrected chi connectivity index (χ2v) is 7.82. The van der Waals surface area contributed by atoms with Crippen LogP contribution in [0.25, 0.3) is 0 Å². The van der Waals surface area contributed by atoms with Crippen molar-refractivity contribution in [3.63, 3.8) is 0 Å². The van der Waals surface area contributed by atoms with Crippen LogP contribution in [0, 0.1) is 5.82 Å². The lowest BCUT2D eigenvalue weighted by molar-refractivity contribution is -0.138. The molecule has 0 radical (unpaired) electrons. The minimum Gasteiger partial charge on any atom is -0.482 e. The van der Waals surface area contributed by atoms with E-state index in [2.05, 4.69) is 5.32 Å². The van der Waals surface area contributed by atoms with Gasteiger partial charge in [-0.25, -0.2) is 4.39 Å². The molecule has 31 heavy (non-hydrogen) atoms. The van der Waals surface area contributed by atoms with E-state index < -0.39 is 17.8 Å². The Morgan fingerprint density at radius 1 is 1.10 bits per heavy atom. The Labute approximate surface area is 188 Å². The Morgan fingerprint density at radius 3 is 2.61 bits per heavy atom. The number of carbonyl (C=O) groups excluding carboxylic acids is 2. The smallest absolute Gasteiger partial charge is 0.261 e. The van der Waals surface area contributed by atoms with Crippen molar-refractivity contribution >= 4 is 40.7 Å². The molecule has 1 atom stereocenters. The van der Waals surface area contributed by atoms with Gasteiger partial charge >= 0.3 is 0 Å². The number of amides is 2. The van der Waals surface area contributed by atoms with E-state index in [1.807, 2.05) is 30.3 Å². The minimum absolute atomic E-state index is 0.216. The standard InChI is InChI=1S/C23H17Cl2FN2O3/c24-15-6-9-20(18(25)10-15)31-13-22(30)28-12-21(29)27-19-8-7-16(26)11-17(19)23(28)14-4-2-1-3-5-14/h1-11,23H,12-13H2,(H,27,29)/t23-/m0/s1. The van der Waals surface area contributed by atoms with Crippen molar-refractivity contribution in [1.29, 1.82) is 0 Å². The molecule has 4 rings (SSSR count). The highest BCUT2D eigenvalue weighted by molar-refractivity contribution is 6.35. The molecule has 0 saturated heterocycles. The fourth-order valence-corrected chi connectivity index (χ4v) is 3.98. The Balaban J connectivity index is 1.69. The van der Waals surface area contributed by atoms with Crippen LogP contribution in [0.1, 0.15) is 17.2 Å². The van der Waals surface area contributed by atoms with Crippen LogP contribution in [0.2, 0.25) is 10.0 Å². The van der Waals surface area contributed by atoms with E-state index in [4.69, 9.17) is 27.9 Å². The zero-order valence-electron chi connectivity index (χ0n) is 16.1. The van der Waals surface area contributed by atoms with Crippen LogP contribution in [-0.4, -0.2) is 29.9 Å². The summed E-state index contributed by atoms with van der Waals surface area (Å²) >= 11 is 12.0. The summed E-state index contributed by atoms with van der Waals surface area (Å²) in [4.78, 5) is 27.1. The van der Waals surface area contributed by atoms with Gasteiger partial charge < -0.3 is 15.0 Å². The number of fused-ring (bicyclic) bond motifs is 1. The molecule has 0 spiro atoms. The van der Waals surface area contributed by atoms with Gasteiger partial charge in [0.2, 0.25) is 5.91 Å². The lowest BCUT2D eigenvalue weighted by Crippen LogP contribution is -2.41. The number of hydrogen-bond acceptors (Lipinski definition) is 3. The van der Waals surface area contributed by atoms with Crippen molar-refractivity contribution in [2.45, 2.75) is 6.04 Å². The molecule has 2 amide bonds. The molecule has 5 nitrogen and oxygen atoms in total. The molecule has 1 aliphatic rings. The van der Waals surface area contributed by atoms with Crippen molar-refractivity contribution < 1.29 is 18.7 Å². The Kier molecular flexibility index (Phi) is 6.11. The molecule has 1 heterocycles. The Hall–Kier alpha value is -3.09. The van der Waals surface area contributed by atoms with Gasteiger partial charge in [-0.3, -0.25) is 9.59 Å². The molecule has 3 aromatic carbocycles. The molecular weight excluding hydrogens is 442 g/mol. The number of benzene rings is 3. The molecule has 0 aliphatic carbocycles. The first kappa shape index (κ1) is 21.2. The molecule has 1 N–H and O–H groups in total. The first-order valence-corrected chi connectivity index (χ1v) is 10.2. The molecule has 8 heteroatoms. The lowest BCUT2D eigenvalue weighted by atomic mass is 9.95. The third-order valence-electron chi connectivity index (χ3n) is 4.89. The molecule has 0 fully saturated rings. The van der Waals surface area contributed by atoms with Gasteiger partial charge in [0.25, 0.3) is 5.91 Å². The normalized spacial score (nSPS) is 15.6. The zero-order chi connectivity index (χ0) is 22.0. The van der Waals surface area contributed by atoms with Crippen LogP contribution in [-0.2, 0) is 9.59 Å². The highest BCUT2D eigenvalue weighted by Gasteiger charge is 2.33. The SMILES string of the molecule is O=C1CN(C(=O)COc2ccc(Cl)cc2Cl)[C@@H](c2ccccc2)c2cc(F)ccc2N1. The number of nitrogens with one attached hydrogen (secondary N) is 1. The van der Waals surface area contributed by atoms with E-state index in [1.54, 1.807) is 12.1 Å². The minimum atomic E-state index is -0.678. The van der Waals surface area contributed by atoms with Crippen LogP contribution in [0.4, 0.5) is 10.1 Å². The number of anilines is 1. The maximum absolute atomic E-state index is 14.1. The predicted octanol–water partition coefficient (Wildman–Crippen LogP) is 5.08. The second-order valence-electron chi connectivity index (χ2n) is 6.98. The number of carbonyl (C=O) groups is 2. The van der Waals surface area contributed by atoms with Gasteiger partial charge in [-0.1, -0.05) is 53.5 Å². The molecule has 158 valence electrons. The van der Waals surface area contributed by atoms with Gasteiger partial charge in [-0.05, 0) is 42.0 Å². The summed E-state index contributed by atoms with van der Waals surface area (Å²) in [5, 5.41) is 3.45. The summed E-state index contributed by atoms with van der Waals surface area (Å²) in [7, 11) is 0. The molecule has 1 aliphatic heterocycles. The fourth-order valence-electron chi connectivity index (χ4n) is 3.52. The summed E-state index contributed by atoms with van der Waals surface area (Å²) in [6.45, 7) is -0.574. The average Bonchev–Trinajstić information content (AvgIpc) is 2.89. The third-order valence-corrected chi connectivity index (χ3v) is 5.42. The molecule has 0 bridgehead atoms. The fraction of sp³-hybridized carbons (Fsp3) is 0.130. The van der Waals surface area contributed by atoms with E-state index in [1.165, 1.54) is 29.2 Å². The van der Waals surface area contributed by atoms with Crippen molar-refractivity contribution in [3.05, 3.63) is 93.7 Å². The predicted molar refractivity (Wildman–Crippen MR) is 117 cm³/mol. The maximum Gasteiger partial charge on any atom is 0.261 e. The topological polar surface area (TPSA) is 58.6 Å². The van der Waals surface area contributed by atoms with Crippen LogP contribution >= 0.6 is 23.2 Å². The monoisotopic (exact) mass is 458 g/mol. The zero-order valence-corrected chi connectivity index (χ0v) is 17.7. The number of rotatable bonds is 4. The van der Waals surface area contributed by atoms with E-state index in [-0.39, 0.29) is 24.1 Å². The van der Waals surface area contributed by atoms with E-state index in [9.17, 15) is 14.0 Å². The van der Waals surface area contributed by atoms with Gasteiger partial charge in [0, 0.05) is 16.3 Å². The van der Waals surface area contributed by atoms with Gasteiger partial charge in [-0.15, -0.1) is 0 Å². The maximum atomic E-state index is 14.1. The van der Waals surface area contributed by atoms with E-state index in [0.717, 1.165) is 5.56 Å². The van der Waals surface area contributed by atoms with E-state index in [0.29, 0.717) is 22.0 Å². The van der Waals surface area contributed by atoms with Crippen molar-refractivity contribution in [1.82, 2.24) is 4.90 Å². The van der Waals surface area contributed by atoms with Crippen molar-refractivity contribution in [2.24, 2.45) is 0 Å². The largest absolute Gasteiger partial charge is 0.482 e. The number of ether oxygens (including phenoxy) is 1. The second kappa shape index (κ2) is 8.96. The number of halogens is 3. The van der Waals surface area contributed by atoms with E-state index >= 15 is 0 Å². The molecule has 3 aromatic rings. The van der Waals surface area contributed by atoms with Crippen LogP contribution in [0.15, 0.2) is 66.7 Å². The van der Waals surface area contributed by atoms with Gasteiger partial charge in [-0.2, -0.15) is 0 Å². The Morgan fingerprint density at radius 2 is 1.87 bits per heavy atom. The number of hydrogen-bond donors (Lipinski definition) is 1. The molecule has 0 unspecified atom stereocenters. The van der Waals surface area contributed by atoms with Gasteiger partial charge in [0.15, 0.2) is 6.61 Å². The summed E-state index contributed by atoms with van der Waals surface area (Å²) in [6, 6.07) is 17.2. The summed E-state index contributed by atoms with van der Waals surface area (Å²) in [5.74, 6) is -1.01. The lowest BCUT2D eigenvalue weighted by Gasteiger charge is -2.30. The van der Waals surface area contributed by atoms with Crippen LogP contribution in [0.3, 0.4) is 0 Å². The number of nitrogens with zero attached hydrogens (tertiary/aromatic N) is 1. The quantitative estimate of drug-likeness (QED) is 0.592. The van der Waals surface area contributed by atoms with Crippen molar-refractivity contribution in [2.75, 3.05) is 18.5 Å². The summed E-state index contributed by atoms with van der Waals surface area (Å²) in [6.07, 6.45) is 0. The van der Waals surface area contributed by atoms with Gasteiger partial charge in [0.1, 0.15) is 18.1 Å². The average molecular weight is 459 g/mol. The van der Waals surface area contributed by atoms with Crippen molar-refractivity contribution in [3.8, 4) is 5.75 Å². The highest BCUT2D eigenvalue weighted by atomic mass is 35.5. The molecular formula is C23H17Cl2FN2O3. The first-order chi connectivity index (χ1) is 14.9. The highest BCUT2D eigenvalue weighted by Crippen LogP contribution is 2.36.